The van der Waals surface area contributed by atoms with Crippen molar-refractivity contribution in [3.05, 3.63) is 83.9 Å². The van der Waals surface area contributed by atoms with Gasteiger partial charge in [0.25, 0.3) is 0 Å². The lowest BCUT2D eigenvalue weighted by atomic mass is 10.0. The zero-order chi connectivity index (χ0) is 20.4. The molecule has 0 spiro atoms. The van der Waals surface area contributed by atoms with E-state index >= 15 is 0 Å². The van der Waals surface area contributed by atoms with Crippen LogP contribution in [0, 0.1) is 6.92 Å². The number of pyridine rings is 1. The monoisotopic (exact) mass is 405 g/mol. The molecule has 3 aromatic rings. The summed E-state index contributed by atoms with van der Waals surface area (Å²) >= 11 is 5.77. The van der Waals surface area contributed by atoms with Crippen LogP contribution in [0.4, 0.5) is 0 Å². The van der Waals surface area contributed by atoms with E-state index in [4.69, 9.17) is 12.2 Å². The van der Waals surface area contributed by atoms with E-state index < -0.39 is 0 Å². The first-order valence-electron chi connectivity index (χ1n) is 9.92. The Kier molecular flexibility index (Phi) is 5.65. The number of thiocarbonyl (C=S) groups is 1. The van der Waals surface area contributed by atoms with Gasteiger partial charge in [0.15, 0.2) is 5.11 Å². The maximum Gasteiger partial charge on any atom is 0.170 e. The van der Waals surface area contributed by atoms with E-state index in [9.17, 15) is 0 Å². The molecule has 29 heavy (non-hydrogen) atoms. The van der Waals surface area contributed by atoms with E-state index in [1.165, 1.54) is 16.9 Å². The summed E-state index contributed by atoms with van der Waals surface area (Å²) in [6, 6.07) is 18.9. The number of nitrogens with zero attached hydrogens (tertiary/aromatic N) is 4. The van der Waals surface area contributed by atoms with E-state index in [2.05, 4.69) is 94.3 Å². The Balaban J connectivity index is 1.79. The van der Waals surface area contributed by atoms with Gasteiger partial charge in [-0.3, -0.25) is 4.98 Å². The van der Waals surface area contributed by atoms with E-state index in [1.54, 1.807) is 0 Å². The zero-order valence-electron chi connectivity index (χ0n) is 17.1. The quantitative estimate of drug-likeness (QED) is 0.633. The molecular weight excluding hydrogens is 378 g/mol. The highest BCUT2D eigenvalue weighted by atomic mass is 32.1. The lowest BCUT2D eigenvalue weighted by molar-refractivity contribution is 0.272. The fourth-order valence-electron chi connectivity index (χ4n) is 3.96. The number of aryl methyl sites for hydroxylation is 1. The normalized spacial score (nSPS) is 19.0. The highest BCUT2D eigenvalue weighted by Crippen LogP contribution is 2.39. The third-order valence-electron chi connectivity index (χ3n) is 5.44. The summed E-state index contributed by atoms with van der Waals surface area (Å²) in [5.74, 6) is 0. The molecule has 0 aliphatic carbocycles. The maximum atomic E-state index is 5.77. The second kappa shape index (κ2) is 8.35. The third-order valence-corrected chi connectivity index (χ3v) is 5.80. The molecule has 0 saturated carbocycles. The molecule has 1 aromatic carbocycles. The van der Waals surface area contributed by atoms with Gasteiger partial charge in [-0.1, -0.05) is 24.3 Å². The number of para-hydroxylation sites is 1. The molecular formula is C23H27N5S. The van der Waals surface area contributed by atoms with Gasteiger partial charge in [-0.2, -0.15) is 0 Å². The Hall–Kier alpha value is -2.70. The van der Waals surface area contributed by atoms with Crippen LogP contribution in [0.25, 0.3) is 5.69 Å². The van der Waals surface area contributed by atoms with Gasteiger partial charge in [-0.25, -0.2) is 0 Å². The average molecular weight is 406 g/mol. The molecule has 1 aliphatic rings. The summed E-state index contributed by atoms with van der Waals surface area (Å²) in [7, 11) is 4.18. The highest BCUT2D eigenvalue weighted by molar-refractivity contribution is 7.80. The minimum absolute atomic E-state index is 0.00327. The first kappa shape index (κ1) is 19.6. The maximum absolute atomic E-state index is 5.77. The molecule has 0 bridgehead atoms. The Morgan fingerprint density at radius 1 is 1.07 bits per heavy atom. The van der Waals surface area contributed by atoms with E-state index in [0.717, 1.165) is 23.9 Å². The molecule has 3 heterocycles. The van der Waals surface area contributed by atoms with Crippen LogP contribution in [0.5, 0.6) is 0 Å². The Morgan fingerprint density at radius 3 is 2.59 bits per heavy atom. The van der Waals surface area contributed by atoms with Gasteiger partial charge in [0.2, 0.25) is 0 Å². The lowest BCUT2D eigenvalue weighted by Crippen LogP contribution is -2.36. The van der Waals surface area contributed by atoms with Crippen LogP contribution in [-0.2, 0) is 0 Å². The lowest BCUT2D eigenvalue weighted by Gasteiger charge is -2.30. The number of hydrogen-bond donors (Lipinski definition) is 1. The topological polar surface area (TPSA) is 36.3 Å². The molecule has 1 N–H and O–H groups in total. The fraction of sp³-hybridized carbons (Fsp3) is 0.304. The molecule has 150 valence electrons. The van der Waals surface area contributed by atoms with Crippen molar-refractivity contribution in [2.24, 2.45) is 0 Å². The van der Waals surface area contributed by atoms with Crippen LogP contribution in [0.3, 0.4) is 0 Å². The summed E-state index contributed by atoms with van der Waals surface area (Å²) in [4.78, 5) is 9.13. The second-order valence-corrected chi connectivity index (χ2v) is 8.10. The van der Waals surface area contributed by atoms with Crippen molar-refractivity contribution in [2.75, 3.05) is 27.2 Å². The van der Waals surface area contributed by atoms with Crippen molar-refractivity contribution >= 4 is 17.3 Å². The zero-order valence-corrected chi connectivity index (χ0v) is 17.9. The van der Waals surface area contributed by atoms with Gasteiger partial charge in [0, 0.05) is 36.9 Å². The summed E-state index contributed by atoms with van der Waals surface area (Å²) in [6.45, 7) is 3.93. The van der Waals surface area contributed by atoms with Crippen molar-refractivity contribution < 1.29 is 0 Å². The first-order valence-corrected chi connectivity index (χ1v) is 10.3. The minimum Gasteiger partial charge on any atom is -0.352 e. The summed E-state index contributed by atoms with van der Waals surface area (Å²) in [5, 5.41) is 4.32. The minimum atomic E-state index is 0.00327. The van der Waals surface area contributed by atoms with Crippen molar-refractivity contribution in [2.45, 2.75) is 19.0 Å². The second-order valence-electron chi connectivity index (χ2n) is 7.71. The number of aromatic nitrogens is 2. The van der Waals surface area contributed by atoms with Gasteiger partial charge in [0.1, 0.15) is 0 Å². The van der Waals surface area contributed by atoms with Crippen LogP contribution >= 0.6 is 12.2 Å². The standard InChI is InChI=1S/C23H27N5S/c1-17-9-4-5-11-19(17)27-14-8-12-20(27)22-21(18-10-6-7-13-24-18)25-23(29)28(22)16-15-26(2)3/h4-14,21-22H,15-16H2,1-3H3,(H,25,29). The predicted octanol–water partition coefficient (Wildman–Crippen LogP) is 3.71. The molecule has 1 fully saturated rings. The molecule has 2 aromatic heterocycles. The van der Waals surface area contributed by atoms with Crippen molar-refractivity contribution in [3.63, 3.8) is 0 Å². The molecule has 1 saturated heterocycles. The van der Waals surface area contributed by atoms with Crippen molar-refractivity contribution in [3.8, 4) is 5.69 Å². The molecule has 1 aliphatic heterocycles. The highest BCUT2D eigenvalue weighted by Gasteiger charge is 2.41. The average Bonchev–Trinajstić information content (AvgIpc) is 3.31. The van der Waals surface area contributed by atoms with E-state index in [-0.39, 0.29) is 12.1 Å². The number of benzene rings is 1. The van der Waals surface area contributed by atoms with Crippen LogP contribution in [0.2, 0.25) is 0 Å². The molecule has 2 unspecified atom stereocenters. The van der Waals surface area contributed by atoms with Crippen LogP contribution < -0.4 is 5.32 Å². The van der Waals surface area contributed by atoms with Gasteiger partial charge in [0.05, 0.1) is 17.8 Å². The number of likely N-dealkylation sites (N-methyl/N-ethyl adjacent to an activating group) is 1. The Morgan fingerprint density at radius 2 is 1.86 bits per heavy atom. The molecule has 2 atom stereocenters. The number of nitrogens with one attached hydrogen (secondary N) is 1. The first-order chi connectivity index (χ1) is 14.1. The molecule has 6 heteroatoms. The van der Waals surface area contributed by atoms with Crippen LogP contribution in [-0.4, -0.2) is 51.6 Å². The van der Waals surface area contributed by atoms with E-state index in [1.807, 2.05) is 18.3 Å². The Labute approximate surface area is 178 Å². The van der Waals surface area contributed by atoms with Crippen LogP contribution in [0.1, 0.15) is 29.0 Å². The van der Waals surface area contributed by atoms with Gasteiger partial charge >= 0.3 is 0 Å². The third kappa shape index (κ3) is 3.91. The molecule has 0 radical (unpaired) electrons. The molecule has 0 amide bonds. The van der Waals surface area contributed by atoms with Gasteiger partial charge in [-0.05, 0) is 69.1 Å². The Bertz CT molecular complexity index is 982. The molecule has 5 nitrogen and oxygen atoms in total. The predicted molar refractivity (Wildman–Crippen MR) is 121 cm³/mol. The summed E-state index contributed by atoms with van der Waals surface area (Å²) < 4.78 is 2.29. The van der Waals surface area contributed by atoms with Crippen molar-refractivity contribution in [1.82, 2.24) is 24.7 Å². The number of hydrogen-bond acceptors (Lipinski definition) is 3. The smallest absolute Gasteiger partial charge is 0.170 e. The fourth-order valence-corrected chi connectivity index (χ4v) is 4.30. The largest absolute Gasteiger partial charge is 0.352 e. The SMILES string of the molecule is Cc1ccccc1-n1cccc1C1C(c2ccccn2)NC(=S)N1CCN(C)C. The van der Waals surface area contributed by atoms with Gasteiger partial charge < -0.3 is 19.7 Å². The summed E-state index contributed by atoms with van der Waals surface area (Å²) in [5.41, 5.74) is 4.65. The van der Waals surface area contributed by atoms with Gasteiger partial charge in [-0.15, -0.1) is 0 Å². The van der Waals surface area contributed by atoms with Crippen LogP contribution in [0.15, 0.2) is 67.0 Å². The van der Waals surface area contributed by atoms with E-state index in [0.29, 0.717) is 0 Å². The molecule has 4 rings (SSSR count). The number of rotatable bonds is 6. The van der Waals surface area contributed by atoms with Crippen molar-refractivity contribution in [1.29, 1.82) is 0 Å². The summed E-state index contributed by atoms with van der Waals surface area (Å²) in [6.07, 6.45) is 3.98.